The number of nitrogens with zero attached hydrogens (tertiary/aromatic N) is 4. The van der Waals surface area contributed by atoms with E-state index in [9.17, 15) is 14.5 Å². The molecule has 1 aromatic carbocycles. The van der Waals surface area contributed by atoms with E-state index in [1.54, 1.807) is 58.2 Å². The van der Waals surface area contributed by atoms with E-state index < -0.39 is 56.6 Å². The van der Waals surface area contributed by atoms with Crippen LogP contribution in [0.1, 0.15) is 39.7 Å². The van der Waals surface area contributed by atoms with Crippen LogP contribution in [-0.2, 0) is 23.4 Å². The van der Waals surface area contributed by atoms with Crippen molar-refractivity contribution in [2.45, 2.75) is 70.9 Å². The van der Waals surface area contributed by atoms with Crippen molar-refractivity contribution >= 4 is 30.7 Å². The van der Waals surface area contributed by atoms with Crippen LogP contribution in [-0.4, -0.2) is 74.3 Å². The molecule has 0 amide bonds. The molecule has 40 heavy (non-hydrogen) atoms. The van der Waals surface area contributed by atoms with Gasteiger partial charge in [-0.2, -0.15) is 5.09 Å². The minimum Gasteiger partial charge on any atom is -0.462 e. The molecule has 15 heteroatoms. The smallest absolute Gasteiger partial charge is 0.459 e. The van der Waals surface area contributed by atoms with Crippen molar-refractivity contribution in [3.05, 3.63) is 42.5 Å². The van der Waals surface area contributed by atoms with Gasteiger partial charge in [-0.05, 0) is 46.8 Å². The quantitative estimate of drug-likeness (QED) is 0.225. The Morgan fingerprint density at radius 3 is 2.62 bits per heavy atom. The van der Waals surface area contributed by atoms with Gasteiger partial charge in [0.2, 0.25) is 0 Å². The standard InChI is InChI=1S/C25H34FN6O7P/c1-14(2)37-23(34)15(3)31-40(35,39-17-10-8-7-9-11-17)36-12-18-20(33)25(5,26)24(38-18)32-13-28-19-21(27-6)29-16(4)30-22(19)32/h7-11,13-15,18,20,24,33H,12H2,1-6H3,(H,31,35)(H,27,29,30)/t15-,18+,20+,24+,25+,40+/m0/s1. The maximum absolute atomic E-state index is 16.0. The van der Waals surface area contributed by atoms with Crippen molar-refractivity contribution in [2.24, 2.45) is 0 Å². The number of benzene rings is 1. The Kier molecular flexibility index (Phi) is 8.76. The number of aliphatic hydroxyl groups is 1. The van der Waals surface area contributed by atoms with Crippen molar-refractivity contribution in [3.8, 4) is 5.75 Å². The average molecular weight is 581 g/mol. The first-order valence-corrected chi connectivity index (χ1v) is 14.3. The van der Waals surface area contributed by atoms with Crippen molar-refractivity contribution in [2.75, 3.05) is 19.0 Å². The van der Waals surface area contributed by atoms with Gasteiger partial charge >= 0.3 is 13.7 Å². The molecular weight excluding hydrogens is 546 g/mol. The van der Waals surface area contributed by atoms with Crippen LogP contribution in [0.15, 0.2) is 36.7 Å². The first-order valence-electron chi connectivity index (χ1n) is 12.7. The predicted octanol–water partition coefficient (Wildman–Crippen LogP) is 3.30. The Labute approximate surface area is 231 Å². The van der Waals surface area contributed by atoms with Crippen LogP contribution < -0.4 is 14.9 Å². The zero-order valence-electron chi connectivity index (χ0n) is 23.1. The first-order chi connectivity index (χ1) is 18.8. The summed E-state index contributed by atoms with van der Waals surface area (Å²) in [6.45, 7) is 7.13. The number of nitrogens with one attached hydrogen (secondary N) is 2. The summed E-state index contributed by atoms with van der Waals surface area (Å²) in [4.78, 5) is 25.3. The van der Waals surface area contributed by atoms with Crippen molar-refractivity contribution in [1.82, 2.24) is 24.6 Å². The molecule has 0 spiro atoms. The molecule has 0 bridgehead atoms. The fourth-order valence-corrected chi connectivity index (χ4v) is 5.73. The number of aliphatic hydroxyl groups excluding tert-OH is 1. The SMILES string of the molecule is CNc1nc(C)nc2c1ncn2[C@@H]1O[C@H](CO[P@](=O)(N[C@@H](C)C(=O)OC(C)C)Oc2ccccc2)[C@@H](O)[C@@]1(C)F. The summed E-state index contributed by atoms with van der Waals surface area (Å²) in [5, 5.41) is 16.4. The molecule has 0 aliphatic carbocycles. The molecule has 1 saturated heterocycles. The van der Waals surface area contributed by atoms with Gasteiger partial charge in [-0.25, -0.2) is 23.9 Å². The summed E-state index contributed by atoms with van der Waals surface area (Å²) in [7, 11) is -2.59. The van der Waals surface area contributed by atoms with Gasteiger partial charge in [0.25, 0.3) is 0 Å². The second-order valence-corrected chi connectivity index (χ2v) is 11.5. The number of carbonyl (C=O) groups excluding carboxylic acids is 1. The number of alkyl halides is 1. The summed E-state index contributed by atoms with van der Waals surface area (Å²) >= 11 is 0. The van der Waals surface area contributed by atoms with E-state index in [2.05, 4.69) is 25.4 Å². The number of fused-ring (bicyclic) bond motifs is 1. The van der Waals surface area contributed by atoms with Gasteiger partial charge in [0.1, 0.15) is 29.8 Å². The average Bonchev–Trinajstić information content (AvgIpc) is 3.40. The number of aromatic nitrogens is 4. The number of imidazole rings is 1. The van der Waals surface area contributed by atoms with Crippen LogP contribution in [0.2, 0.25) is 0 Å². The fourth-order valence-electron chi connectivity index (χ4n) is 4.23. The number of ether oxygens (including phenoxy) is 2. The van der Waals surface area contributed by atoms with Gasteiger partial charge < -0.3 is 24.4 Å². The fraction of sp³-hybridized carbons (Fsp3) is 0.520. The minimum atomic E-state index is -4.26. The molecule has 2 aromatic heterocycles. The molecule has 3 aromatic rings. The molecular formula is C25H34FN6O7P. The highest BCUT2D eigenvalue weighted by molar-refractivity contribution is 7.52. The van der Waals surface area contributed by atoms with E-state index in [0.717, 1.165) is 0 Å². The number of hydrogen-bond donors (Lipinski definition) is 3. The molecule has 1 fully saturated rings. The summed E-state index contributed by atoms with van der Waals surface area (Å²) in [5.41, 5.74) is -1.61. The van der Waals surface area contributed by atoms with Crippen LogP contribution in [0.4, 0.5) is 10.2 Å². The number of halogens is 1. The monoisotopic (exact) mass is 580 g/mol. The number of para-hydroxylation sites is 1. The van der Waals surface area contributed by atoms with E-state index >= 15 is 4.39 Å². The lowest BCUT2D eigenvalue weighted by Gasteiger charge is -2.25. The van der Waals surface area contributed by atoms with Gasteiger partial charge in [-0.1, -0.05) is 18.2 Å². The largest absolute Gasteiger partial charge is 0.462 e. The Morgan fingerprint density at radius 1 is 1.27 bits per heavy atom. The van der Waals surface area contributed by atoms with E-state index in [4.69, 9.17) is 18.5 Å². The Morgan fingerprint density at radius 2 is 1.98 bits per heavy atom. The number of anilines is 1. The molecule has 3 heterocycles. The maximum Gasteiger partial charge on any atom is 0.459 e. The van der Waals surface area contributed by atoms with E-state index in [1.807, 2.05) is 0 Å². The lowest BCUT2D eigenvalue weighted by atomic mass is 9.98. The number of rotatable bonds is 11. The topological polar surface area (TPSA) is 159 Å². The van der Waals surface area contributed by atoms with Crippen LogP contribution in [0, 0.1) is 6.92 Å². The van der Waals surface area contributed by atoms with Gasteiger partial charge in [0.05, 0.1) is 19.0 Å². The summed E-state index contributed by atoms with van der Waals surface area (Å²) in [6.07, 6.45) is -3.34. The molecule has 13 nitrogen and oxygen atoms in total. The summed E-state index contributed by atoms with van der Waals surface area (Å²) in [5.74, 6) is 0.404. The molecule has 218 valence electrons. The second-order valence-electron chi connectivity index (χ2n) is 9.85. The van der Waals surface area contributed by atoms with Gasteiger partial charge in [-0.3, -0.25) is 13.9 Å². The molecule has 0 unspecified atom stereocenters. The Hall–Kier alpha value is -3.16. The minimum absolute atomic E-state index is 0.198. The first kappa shape index (κ1) is 29.8. The third kappa shape index (κ3) is 6.26. The van der Waals surface area contributed by atoms with E-state index in [-0.39, 0.29) is 5.75 Å². The number of aryl methyl sites for hydroxylation is 1. The normalized spacial score (nSPS) is 25.1. The molecule has 6 atom stereocenters. The predicted molar refractivity (Wildman–Crippen MR) is 143 cm³/mol. The van der Waals surface area contributed by atoms with Gasteiger partial charge in [0, 0.05) is 7.05 Å². The summed E-state index contributed by atoms with van der Waals surface area (Å²) in [6, 6.07) is 7.10. The number of esters is 1. The number of carbonyl (C=O) groups is 1. The van der Waals surface area contributed by atoms with Gasteiger partial charge in [-0.15, -0.1) is 0 Å². The zero-order chi connectivity index (χ0) is 29.2. The third-order valence-electron chi connectivity index (χ3n) is 6.17. The molecule has 3 N–H and O–H groups in total. The second kappa shape index (κ2) is 11.8. The van der Waals surface area contributed by atoms with Crippen LogP contribution in [0.25, 0.3) is 11.2 Å². The highest BCUT2D eigenvalue weighted by Gasteiger charge is 2.56. The maximum atomic E-state index is 16.0. The lowest BCUT2D eigenvalue weighted by Crippen LogP contribution is -2.41. The molecule has 1 aliphatic heterocycles. The van der Waals surface area contributed by atoms with Crippen molar-refractivity contribution in [1.29, 1.82) is 0 Å². The Balaban J connectivity index is 1.56. The summed E-state index contributed by atoms with van der Waals surface area (Å²) < 4.78 is 53.4. The van der Waals surface area contributed by atoms with Crippen LogP contribution in [0.3, 0.4) is 0 Å². The van der Waals surface area contributed by atoms with Crippen molar-refractivity contribution in [3.63, 3.8) is 0 Å². The number of hydrogen-bond acceptors (Lipinski definition) is 11. The molecule has 0 saturated carbocycles. The lowest BCUT2D eigenvalue weighted by molar-refractivity contribution is -0.149. The van der Waals surface area contributed by atoms with Gasteiger partial charge in [0.15, 0.2) is 28.9 Å². The highest BCUT2D eigenvalue weighted by atomic mass is 31.2. The van der Waals surface area contributed by atoms with E-state index in [0.29, 0.717) is 22.8 Å². The molecule has 1 aliphatic rings. The van der Waals surface area contributed by atoms with Crippen molar-refractivity contribution < 1.29 is 37.4 Å². The van der Waals surface area contributed by atoms with Crippen LogP contribution in [0.5, 0.6) is 5.75 Å². The third-order valence-corrected chi connectivity index (χ3v) is 7.82. The molecule has 0 radical (unpaired) electrons. The molecule has 4 rings (SSSR count). The zero-order valence-corrected chi connectivity index (χ0v) is 24.0. The Bertz CT molecular complexity index is 1390. The highest BCUT2D eigenvalue weighted by Crippen LogP contribution is 2.48. The van der Waals surface area contributed by atoms with Crippen LogP contribution >= 0.6 is 7.75 Å². The van der Waals surface area contributed by atoms with E-state index in [1.165, 1.54) is 24.7 Å².